The predicted octanol–water partition coefficient (Wildman–Crippen LogP) is 3.12. The molecule has 2 aromatic heterocycles. The number of nitrogens with zero attached hydrogens (tertiary/aromatic N) is 2. The molecule has 0 fully saturated rings. The smallest absolute Gasteiger partial charge is 0.140 e. The van der Waals surface area contributed by atoms with Crippen LogP contribution in [0.4, 0.5) is 0 Å². The van der Waals surface area contributed by atoms with E-state index in [0.717, 1.165) is 25.0 Å². The van der Waals surface area contributed by atoms with Crippen LogP contribution in [0.2, 0.25) is 0 Å². The summed E-state index contributed by atoms with van der Waals surface area (Å²) in [5, 5.41) is 1.26. The van der Waals surface area contributed by atoms with Crippen LogP contribution in [0.5, 0.6) is 0 Å². The minimum atomic E-state index is 0.246. The van der Waals surface area contributed by atoms with E-state index < -0.39 is 0 Å². The van der Waals surface area contributed by atoms with Gasteiger partial charge >= 0.3 is 0 Å². The molecule has 0 saturated heterocycles. The zero-order valence-electron chi connectivity index (χ0n) is 11.4. The molecule has 0 spiro atoms. The van der Waals surface area contributed by atoms with Gasteiger partial charge in [0.05, 0.1) is 0 Å². The summed E-state index contributed by atoms with van der Waals surface area (Å²) in [7, 11) is 0. The van der Waals surface area contributed by atoms with E-state index in [1.165, 1.54) is 23.8 Å². The number of pyridine rings is 1. The summed E-state index contributed by atoms with van der Waals surface area (Å²) < 4.78 is 2.27. The van der Waals surface area contributed by atoms with Crippen molar-refractivity contribution in [1.29, 1.82) is 0 Å². The molecular weight excluding hydrogens is 222 g/mol. The SMILES string of the molecule is CCCCn1cc(CC(N)CC)c2cccnc21. The Morgan fingerprint density at radius 1 is 1.39 bits per heavy atom. The maximum absolute atomic E-state index is 6.08. The minimum Gasteiger partial charge on any atom is -0.332 e. The van der Waals surface area contributed by atoms with E-state index in [9.17, 15) is 0 Å². The number of hydrogen-bond donors (Lipinski definition) is 1. The highest BCUT2D eigenvalue weighted by Crippen LogP contribution is 2.21. The molecular formula is C15H23N3. The summed E-state index contributed by atoms with van der Waals surface area (Å²) in [6.07, 6.45) is 8.47. The molecule has 2 N–H and O–H groups in total. The first kappa shape index (κ1) is 13.1. The van der Waals surface area contributed by atoms with Gasteiger partial charge in [0.2, 0.25) is 0 Å². The maximum Gasteiger partial charge on any atom is 0.140 e. The fourth-order valence-electron chi connectivity index (χ4n) is 2.28. The highest BCUT2D eigenvalue weighted by Gasteiger charge is 2.11. The summed E-state index contributed by atoms with van der Waals surface area (Å²) in [6.45, 7) is 5.40. The second-order valence-electron chi connectivity index (χ2n) is 4.95. The normalized spacial score (nSPS) is 13.1. The largest absolute Gasteiger partial charge is 0.332 e. The topological polar surface area (TPSA) is 43.8 Å². The Morgan fingerprint density at radius 2 is 2.22 bits per heavy atom. The van der Waals surface area contributed by atoms with E-state index in [2.05, 4.69) is 35.7 Å². The van der Waals surface area contributed by atoms with Gasteiger partial charge in [0.25, 0.3) is 0 Å². The number of fused-ring (bicyclic) bond motifs is 1. The lowest BCUT2D eigenvalue weighted by molar-refractivity contribution is 0.630. The first-order valence-corrected chi connectivity index (χ1v) is 6.94. The molecule has 0 radical (unpaired) electrons. The van der Waals surface area contributed by atoms with Gasteiger partial charge in [-0.1, -0.05) is 20.3 Å². The highest BCUT2D eigenvalue weighted by atomic mass is 15.0. The molecule has 3 heteroatoms. The summed E-state index contributed by atoms with van der Waals surface area (Å²) in [4.78, 5) is 4.51. The zero-order chi connectivity index (χ0) is 13.0. The van der Waals surface area contributed by atoms with Crippen LogP contribution in [-0.4, -0.2) is 15.6 Å². The van der Waals surface area contributed by atoms with Crippen molar-refractivity contribution < 1.29 is 0 Å². The van der Waals surface area contributed by atoms with Crippen LogP contribution in [-0.2, 0) is 13.0 Å². The molecule has 18 heavy (non-hydrogen) atoms. The summed E-state index contributed by atoms with van der Waals surface area (Å²) in [5.41, 5.74) is 8.51. The van der Waals surface area contributed by atoms with Crippen molar-refractivity contribution >= 4 is 11.0 Å². The fraction of sp³-hybridized carbons (Fsp3) is 0.533. The van der Waals surface area contributed by atoms with E-state index in [1.807, 2.05) is 12.3 Å². The molecule has 0 saturated carbocycles. The monoisotopic (exact) mass is 245 g/mol. The Kier molecular flexibility index (Phi) is 4.37. The number of hydrogen-bond acceptors (Lipinski definition) is 2. The van der Waals surface area contributed by atoms with Gasteiger partial charge < -0.3 is 10.3 Å². The number of unbranched alkanes of at least 4 members (excludes halogenated alkanes) is 1. The van der Waals surface area contributed by atoms with E-state index in [4.69, 9.17) is 5.73 Å². The molecule has 0 aliphatic carbocycles. The number of rotatable bonds is 6. The third-order valence-electron chi connectivity index (χ3n) is 3.48. The first-order chi connectivity index (χ1) is 8.76. The van der Waals surface area contributed by atoms with Gasteiger partial charge in [-0.2, -0.15) is 0 Å². The average molecular weight is 245 g/mol. The van der Waals surface area contributed by atoms with Crippen molar-refractivity contribution in [1.82, 2.24) is 9.55 Å². The van der Waals surface area contributed by atoms with Crippen LogP contribution in [0.15, 0.2) is 24.5 Å². The summed E-state index contributed by atoms with van der Waals surface area (Å²) in [6, 6.07) is 4.41. The van der Waals surface area contributed by atoms with Crippen molar-refractivity contribution in [2.45, 2.75) is 52.1 Å². The molecule has 0 aliphatic heterocycles. The average Bonchev–Trinajstić information content (AvgIpc) is 2.75. The van der Waals surface area contributed by atoms with Crippen molar-refractivity contribution in [2.24, 2.45) is 5.73 Å². The van der Waals surface area contributed by atoms with E-state index in [1.54, 1.807) is 0 Å². The van der Waals surface area contributed by atoms with Gasteiger partial charge in [-0.15, -0.1) is 0 Å². The second kappa shape index (κ2) is 6.01. The highest BCUT2D eigenvalue weighted by molar-refractivity contribution is 5.80. The Hall–Kier alpha value is -1.35. The van der Waals surface area contributed by atoms with Gasteiger partial charge in [-0.05, 0) is 37.0 Å². The first-order valence-electron chi connectivity index (χ1n) is 6.94. The molecule has 2 rings (SSSR count). The summed E-state index contributed by atoms with van der Waals surface area (Å²) in [5.74, 6) is 0. The third kappa shape index (κ3) is 2.72. The Balaban J connectivity index is 2.34. The fourth-order valence-corrected chi connectivity index (χ4v) is 2.28. The predicted molar refractivity (Wildman–Crippen MR) is 76.6 cm³/mol. The maximum atomic E-state index is 6.08. The number of nitrogens with two attached hydrogens (primary N) is 1. The quantitative estimate of drug-likeness (QED) is 0.849. The lowest BCUT2D eigenvalue weighted by Gasteiger charge is -2.06. The van der Waals surface area contributed by atoms with Crippen LogP contribution in [0.25, 0.3) is 11.0 Å². The van der Waals surface area contributed by atoms with Crippen LogP contribution >= 0.6 is 0 Å². The Bertz CT molecular complexity index is 501. The zero-order valence-corrected chi connectivity index (χ0v) is 11.4. The van der Waals surface area contributed by atoms with Crippen LogP contribution in [0.3, 0.4) is 0 Å². The molecule has 0 aromatic carbocycles. The van der Waals surface area contributed by atoms with Crippen molar-refractivity contribution in [3.63, 3.8) is 0 Å². The minimum absolute atomic E-state index is 0.246. The van der Waals surface area contributed by atoms with Crippen LogP contribution < -0.4 is 5.73 Å². The van der Waals surface area contributed by atoms with Gasteiger partial charge in [-0.25, -0.2) is 4.98 Å². The molecule has 1 atom stereocenters. The van der Waals surface area contributed by atoms with E-state index >= 15 is 0 Å². The molecule has 1 unspecified atom stereocenters. The second-order valence-corrected chi connectivity index (χ2v) is 4.95. The Morgan fingerprint density at radius 3 is 2.94 bits per heavy atom. The van der Waals surface area contributed by atoms with Gasteiger partial charge in [0.15, 0.2) is 0 Å². The van der Waals surface area contributed by atoms with Gasteiger partial charge in [-0.3, -0.25) is 0 Å². The molecule has 3 nitrogen and oxygen atoms in total. The molecule has 98 valence electrons. The molecule has 2 aromatic rings. The molecule has 0 amide bonds. The van der Waals surface area contributed by atoms with E-state index in [-0.39, 0.29) is 6.04 Å². The van der Waals surface area contributed by atoms with Crippen LogP contribution in [0, 0.1) is 0 Å². The molecule has 0 bridgehead atoms. The number of aryl methyl sites for hydroxylation is 1. The molecule has 0 aliphatic rings. The Labute approximate surface area is 109 Å². The number of aromatic nitrogens is 2. The standard InChI is InChI=1S/C15H23N3/c1-3-5-9-18-11-12(10-13(16)4-2)14-7-6-8-17-15(14)18/h6-8,11,13H,3-5,9-10,16H2,1-2H3. The van der Waals surface area contributed by atoms with E-state index in [0.29, 0.717) is 0 Å². The third-order valence-corrected chi connectivity index (χ3v) is 3.48. The summed E-state index contributed by atoms with van der Waals surface area (Å²) >= 11 is 0. The molecule has 2 heterocycles. The van der Waals surface area contributed by atoms with Crippen molar-refractivity contribution in [2.75, 3.05) is 0 Å². The van der Waals surface area contributed by atoms with Crippen LogP contribution in [0.1, 0.15) is 38.7 Å². The van der Waals surface area contributed by atoms with Crippen molar-refractivity contribution in [3.05, 3.63) is 30.1 Å². The lowest BCUT2D eigenvalue weighted by Crippen LogP contribution is -2.21. The van der Waals surface area contributed by atoms with Gasteiger partial charge in [0, 0.05) is 30.4 Å². The lowest BCUT2D eigenvalue weighted by atomic mass is 10.1. The van der Waals surface area contributed by atoms with Gasteiger partial charge in [0.1, 0.15) is 5.65 Å². The van der Waals surface area contributed by atoms with Crippen molar-refractivity contribution in [3.8, 4) is 0 Å².